The van der Waals surface area contributed by atoms with Gasteiger partial charge >= 0.3 is 16.1 Å². The Morgan fingerprint density at radius 1 is 0.974 bits per heavy atom. The maximum absolute atomic E-state index is 13.1. The second-order valence-electron chi connectivity index (χ2n) is 7.63. The number of ether oxygens (including phenoxy) is 1. The summed E-state index contributed by atoms with van der Waals surface area (Å²) in [6.45, 7) is 0. The number of carbonyl (C=O) groups is 3. The molecule has 14 heteroatoms. The molecule has 0 aromatic heterocycles. The topological polar surface area (TPSA) is 162 Å². The minimum Gasteiger partial charge on any atom is -0.493 e. The molecule has 0 saturated carbocycles. The Kier molecular flexibility index (Phi) is 7.15. The smallest absolute Gasteiger partial charge is 0.339 e. The fraction of sp³-hybridized carbons (Fsp3) is 0.0417. The molecule has 4 amide bonds. The van der Waals surface area contributed by atoms with Gasteiger partial charge in [0.05, 0.1) is 17.7 Å². The molecule has 1 aliphatic heterocycles. The van der Waals surface area contributed by atoms with Crippen molar-refractivity contribution in [1.82, 2.24) is 5.32 Å². The number of nitro groups is 1. The maximum atomic E-state index is 13.1. The summed E-state index contributed by atoms with van der Waals surface area (Å²) in [7, 11) is -2.97. The van der Waals surface area contributed by atoms with E-state index < -0.39 is 38.5 Å². The number of nitro benzene ring substituents is 1. The summed E-state index contributed by atoms with van der Waals surface area (Å²) in [6, 6.07) is 12.9. The summed E-state index contributed by atoms with van der Waals surface area (Å²) in [5.74, 6) is -2.13. The van der Waals surface area contributed by atoms with Gasteiger partial charge in [0.15, 0.2) is 11.5 Å². The van der Waals surface area contributed by atoms with E-state index in [1.165, 1.54) is 67.8 Å². The maximum Gasteiger partial charge on any atom is 0.339 e. The van der Waals surface area contributed by atoms with Crippen molar-refractivity contribution in [2.24, 2.45) is 0 Å². The summed E-state index contributed by atoms with van der Waals surface area (Å²) < 4.78 is 35.7. The Morgan fingerprint density at radius 2 is 1.63 bits per heavy atom. The Balaban J connectivity index is 1.64. The lowest BCUT2D eigenvalue weighted by molar-refractivity contribution is -0.384. The van der Waals surface area contributed by atoms with Crippen molar-refractivity contribution >= 4 is 57.0 Å². The first-order chi connectivity index (χ1) is 18.0. The van der Waals surface area contributed by atoms with Crippen LogP contribution >= 0.6 is 11.6 Å². The molecule has 1 aliphatic rings. The number of benzene rings is 3. The molecular formula is C24H16ClN3O9S. The highest BCUT2D eigenvalue weighted by molar-refractivity contribution is 7.87. The van der Waals surface area contributed by atoms with Gasteiger partial charge in [0.1, 0.15) is 10.5 Å². The summed E-state index contributed by atoms with van der Waals surface area (Å²) in [6.07, 6.45) is 1.17. The van der Waals surface area contributed by atoms with Crippen LogP contribution in [0.5, 0.6) is 11.5 Å². The predicted octanol–water partition coefficient (Wildman–Crippen LogP) is 3.69. The van der Waals surface area contributed by atoms with Crippen LogP contribution in [0.4, 0.5) is 16.2 Å². The molecule has 3 aromatic rings. The molecule has 38 heavy (non-hydrogen) atoms. The van der Waals surface area contributed by atoms with Crippen molar-refractivity contribution in [2.75, 3.05) is 12.0 Å². The number of barbiturate groups is 1. The minimum atomic E-state index is -4.23. The van der Waals surface area contributed by atoms with Gasteiger partial charge in [-0.15, -0.1) is 0 Å². The number of hydrogen-bond donors (Lipinski definition) is 1. The number of anilines is 1. The Hall–Kier alpha value is -4.75. The quantitative estimate of drug-likeness (QED) is 0.150. The average Bonchev–Trinajstić information content (AvgIpc) is 2.87. The van der Waals surface area contributed by atoms with E-state index in [0.717, 1.165) is 12.1 Å². The van der Waals surface area contributed by atoms with Gasteiger partial charge in [-0.3, -0.25) is 25.0 Å². The number of rotatable bonds is 7. The first-order valence-corrected chi connectivity index (χ1v) is 12.3. The van der Waals surface area contributed by atoms with Crippen LogP contribution in [-0.2, 0) is 19.7 Å². The Labute approximate surface area is 220 Å². The van der Waals surface area contributed by atoms with Crippen LogP contribution in [0, 0.1) is 10.1 Å². The monoisotopic (exact) mass is 557 g/mol. The molecule has 0 spiro atoms. The van der Waals surface area contributed by atoms with Crippen LogP contribution in [0.25, 0.3) is 6.08 Å². The van der Waals surface area contributed by atoms with E-state index in [9.17, 15) is 32.9 Å². The molecule has 4 rings (SSSR count). The highest BCUT2D eigenvalue weighted by Crippen LogP contribution is 2.32. The van der Waals surface area contributed by atoms with Gasteiger partial charge < -0.3 is 8.92 Å². The van der Waals surface area contributed by atoms with Crippen LogP contribution in [-0.4, -0.2) is 38.3 Å². The normalized spacial score (nSPS) is 14.8. The third kappa shape index (κ3) is 5.33. The second kappa shape index (κ2) is 10.3. The number of methoxy groups -OCH3 is 1. The van der Waals surface area contributed by atoms with E-state index in [1.807, 2.05) is 5.32 Å². The molecule has 1 fully saturated rings. The van der Waals surface area contributed by atoms with Gasteiger partial charge in [0.25, 0.3) is 17.5 Å². The van der Waals surface area contributed by atoms with Gasteiger partial charge in [-0.05, 0) is 60.2 Å². The second-order valence-corrected chi connectivity index (χ2v) is 9.62. The largest absolute Gasteiger partial charge is 0.493 e. The van der Waals surface area contributed by atoms with Crippen molar-refractivity contribution < 1.29 is 36.6 Å². The third-order valence-corrected chi connectivity index (χ3v) is 6.72. The minimum absolute atomic E-state index is 0.00485. The predicted molar refractivity (Wildman–Crippen MR) is 134 cm³/mol. The zero-order chi connectivity index (χ0) is 27.6. The molecule has 3 aromatic carbocycles. The van der Waals surface area contributed by atoms with E-state index in [2.05, 4.69) is 0 Å². The number of imide groups is 2. The van der Waals surface area contributed by atoms with E-state index >= 15 is 0 Å². The Morgan fingerprint density at radius 3 is 2.24 bits per heavy atom. The summed E-state index contributed by atoms with van der Waals surface area (Å²) in [5, 5.41) is 13.3. The molecule has 0 atom stereocenters. The summed E-state index contributed by atoms with van der Waals surface area (Å²) >= 11 is 5.80. The van der Waals surface area contributed by atoms with Gasteiger partial charge in [-0.2, -0.15) is 8.42 Å². The van der Waals surface area contributed by atoms with Crippen LogP contribution in [0.1, 0.15) is 5.56 Å². The van der Waals surface area contributed by atoms with Crippen LogP contribution in [0.3, 0.4) is 0 Å². The highest BCUT2D eigenvalue weighted by atomic mass is 35.5. The van der Waals surface area contributed by atoms with E-state index in [-0.39, 0.29) is 33.3 Å². The van der Waals surface area contributed by atoms with Crippen molar-refractivity contribution in [3.8, 4) is 11.5 Å². The van der Waals surface area contributed by atoms with E-state index in [1.54, 1.807) is 0 Å². The van der Waals surface area contributed by atoms with Crippen molar-refractivity contribution in [1.29, 1.82) is 0 Å². The first-order valence-electron chi connectivity index (χ1n) is 10.5. The number of hydrogen-bond acceptors (Lipinski definition) is 9. The van der Waals surface area contributed by atoms with Gasteiger partial charge in [0, 0.05) is 17.2 Å². The molecule has 0 unspecified atom stereocenters. The number of nitrogens with zero attached hydrogens (tertiary/aromatic N) is 2. The fourth-order valence-corrected chi connectivity index (χ4v) is 4.46. The molecule has 0 aliphatic carbocycles. The number of halogens is 1. The summed E-state index contributed by atoms with van der Waals surface area (Å²) in [4.78, 5) is 48.6. The van der Waals surface area contributed by atoms with Gasteiger partial charge in [-0.1, -0.05) is 17.7 Å². The molecule has 1 heterocycles. The zero-order valence-electron chi connectivity index (χ0n) is 19.3. The molecule has 0 radical (unpaired) electrons. The van der Waals surface area contributed by atoms with Crippen molar-refractivity contribution in [3.05, 3.63) is 93.0 Å². The fourth-order valence-electron chi connectivity index (χ4n) is 3.39. The number of amides is 4. The average molecular weight is 558 g/mol. The molecule has 1 saturated heterocycles. The standard InChI is InChI=1S/C24H16ClN3O9S/c1-36-21-13-14(2-11-20(21)37-38(34,35)18-9-3-15(25)4-10-18)12-19-22(29)26-24(31)27(23(19)30)16-5-7-17(8-6-16)28(32)33/h2-13H,1H3,(H,26,29,31)/b19-12+. The first kappa shape index (κ1) is 26.3. The molecular weight excluding hydrogens is 542 g/mol. The number of non-ortho nitro benzene ring substituents is 1. The lowest BCUT2D eigenvalue weighted by atomic mass is 10.1. The zero-order valence-corrected chi connectivity index (χ0v) is 20.9. The molecule has 0 bridgehead atoms. The molecule has 12 nitrogen and oxygen atoms in total. The van der Waals surface area contributed by atoms with E-state index in [0.29, 0.717) is 9.92 Å². The number of carbonyl (C=O) groups excluding carboxylic acids is 3. The number of urea groups is 1. The lowest BCUT2D eigenvalue weighted by Crippen LogP contribution is -2.54. The van der Waals surface area contributed by atoms with Gasteiger partial charge in [-0.25, -0.2) is 9.69 Å². The molecule has 194 valence electrons. The van der Waals surface area contributed by atoms with Crippen LogP contribution < -0.4 is 19.1 Å². The SMILES string of the molecule is COc1cc(/C=C2\C(=O)NC(=O)N(c3ccc([N+](=O)[O-])cc3)C2=O)ccc1OS(=O)(=O)c1ccc(Cl)cc1. The lowest BCUT2D eigenvalue weighted by Gasteiger charge is -2.26. The van der Waals surface area contributed by atoms with Crippen molar-refractivity contribution in [2.45, 2.75) is 4.90 Å². The third-order valence-electron chi connectivity index (χ3n) is 5.22. The van der Waals surface area contributed by atoms with Crippen LogP contribution in [0.15, 0.2) is 77.2 Å². The van der Waals surface area contributed by atoms with E-state index in [4.69, 9.17) is 20.5 Å². The van der Waals surface area contributed by atoms with Crippen molar-refractivity contribution in [3.63, 3.8) is 0 Å². The Bertz CT molecular complexity index is 1600. The molecule has 1 N–H and O–H groups in total. The number of nitrogens with one attached hydrogen (secondary N) is 1. The summed E-state index contributed by atoms with van der Waals surface area (Å²) in [5.41, 5.74) is -0.426. The van der Waals surface area contributed by atoms with Gasteiger partial charge in [0.2, 0.25) is 0 Å². The van der Waals surface area contributed by atoms with Crippen LogP contribution in [0.2, 0.25) is 5.02 Å². The highest BCUT2D eigenvalue weighted by Gasteiger charge is 2.37.